The Kier molecular flexibility index (Phi) is 10.7. The van der Waals surface area contributed by atoms with E-state index < -0.39 is 42.2 Å². The summed E-state index contributed by atoms with van der Waals surface area (Å²) in [6.07, 6.45) is 0.482. The minimum atomic E-state index is -6.08. The molecule has 4 aromatic rings. The number of nitrogens with zero attached hydrogens (tertiary/aromatic N) is 1. The summed E-state index contributed by atoms with van der Waals surface area (Å²) in [5.41, 5.74) is -3.14. The van der Waals surface area contributed by atoms with Gasteiger partial charge in [-0.15, -0.1) is 0 Å². The smallest absolute Gasteiger partial charge is 0.387 e. The van der Waals surface area contributed by atoms with Crippen LogP contribution in [0.2, 0.25) is 5.02 Å². The molecule has 0 radical (unpaired) electrons. The first-order valence-corrected chi connectivity index (χ1v) is 16.7. The Morgan fingerprint density at radius 1 is 0.818 bits per heavy atom. The maximum atomic E-state index is 13.2. The molecule has 1 N–H and O–H groups in total. The van der Waals surface area contributed by atoms with Crippen LogP contribution in [-0.2, 0) is 32.9 Å². The fourth-order valence-corrected chi connectivity index (χ4v) is 6.62. The Labute approximate surface area is 259 Å². The minimum absolute atomic E-state index is 0.239. The Balaban J connectivity index is 1.44. The molecule has 0 aliphatic rings. The summed E-state index contributed by atoms with van der Waals surface area (Å²) in [7, 11) is -10.5. The highest BCUT2D eigenvalue weighted by molar-refractivity contribution is 7.91. The van der Waals surface area contributed by atoms with E-state index in [2.05, 4.69) is 9.08 Å². The van der Waals surface area contributed by atoms with Gasteiger partial charge in [0.15, 0.2) is 5.75 Å². The van der Waals surface area contributed by atoms with Crippen molar-refractivity contribution in [2.24, 2.45) is 0 Å². The van der Waals surface area contributed by atoms with Gasteiger partial charge in [0.2, 0.25) is 9.84 Å². The third-order valence-corrected chi connectivity index (χ3v) is 9.72. The van der Waals surface area contributed by atoms with E-state index in [0.29, 0.717) is 43.1 Å². The van der Waals surface area contributed by atoms with E-state index in [1.165, 1.54) is 24.3 Å². The van der Waals surface area contributed by atoms with E-state index in [4.69, 9.17) is 11.6 Å². The number of rotatable bonds is 13. The van der Waals surface area contributed by atoms with Gasteiger partial charge < -0.3 is 9.29 Å². The first-order chi connectivity index (χ1) is 20.8. The van der Waals surface area contributed by atoms with Crippen molar-refractivity contribution in [3.8, 4) is 5.75 Å². The standard InChI is InChI=1S/C31H29ClF3NO6S2/c32-26-12-6-11-25(20-26)28(37)22-36(21-24-8-2-1-3-9-24)19-7-10-23-15-17-27(18-16-23)43(38,39)30-14-5-4-13-29(30)42-44(40,41)31(33,34)35/h1-6,8-9,11-18,20,28,37H,7,10,19,21-22H2/t28-/m1/s1. The summed E-state index contributed by atoms with van der Waals surface area (Å²) in [6.45, 7) is 1.57. The Morgan fingerprint density at radius 3 is 2.14 bits per heavy atom. The first kappa shape index (κ1) is 33.5. The number of aryl methyl sites for hydroxylation is 1. The normalized spacial score (nSPS) is 13.1. The summed E-state index contributed by atoms with van der Waals surface area (Å²) >= 11 is 6.10. The van der Waals surface area contributed by atoms with Crippen LogP contribution in [0, 0.1) is 0 Å². The maximum Gasteiger partial charge on any atom is 0.534 e. The van der Waals surface area contributed by atoms with Gasteiger partial charge in [0.05, 0.1) is 11.0 Å². The van der Waals surface area contributed by atoms with E-state index >= 15 is 0 Å². The van der Waals surface area contributed by atoms with E-state index in [0.717, 1.165) is 23.3 Å². The van der Waals surface area contributed by atoms with Gasteiger partial charge in [0.1, 0.15) is 4.90 Å². The van der Waals surface area contributed by atoms with Crippen molar-refractivity contribution in [2.75, 3.05) is 13.1 Å². The summed E-state index contributed by atoms with van der Waals surface area (Å²) in [6, 6.07) is 26.9. The van der Waals surface area contributed by atoms with Crippen molar-refractivity contribution in [3.05, 3.63) is 125 Å². The van der Waals surface area contributed by atoms with Gasteiger partial charge in [-0.05, 0) is 72.5 Å². The lowest BCUT2D eigenvalue weighted by atomic mass is 10.1. The monoisotopic (exact) mass is 667 g/mol. The molecule has 44 heavy (non-hydrogen) atoms. The van der Waals surface area contributed by atoms with Gasteiger partial charge in [-0.2, -0.15) is 21.6 Å². The third kappa shape index (κ3) is 8.60. The fraction of sp³-hybridized carbons (Fsp3) is 0.226. The van der Waals surface area contributed by atoms with Crippen molar-refractivity contribution < 1.29 is 39.3 Å². The van der Waals surface area contributed by atoms with Gasteiger partial charge in [0, 0.05) is 18.1 Å². The number of benzene rings is 4. The lowest BCUT2D eigenvalue weighted by Crippen LogP contribution is -2.29. The molecule has 0 aliphatic heterocycles. The van der Waals surface area contributed by atoms with Crippen molar-refractivity contribution in [1.82, 2.24) is 4.90 Å². The highest BCUT2D eigenvalue weighted by Gasteiger charge is 2.49. The molecule has 0 aliphatic carbocycles. The second-order valence-corrected chi connectivity index (χ2v) is 13.9. The fourth-order valence-electron chi connectivity index (χ4n) is 4.52. The van der Waals surface area contributed by atoms with Gasteiger partial charge in [0.25, 0.3) is 0 Å². The van der Waals surface area contributed by atoms with Crippen molar-refractivity contribution in [1.29, 1.82) is 0 Å². The van der Waals surface area contributed by atoms with Crippen LogP contribution < -0.4 is 4.18 Å². The molecule has 0 spiro atoms. The van der Waals surface area contributed by atoms with E-state index in [-0.39, 0.29) is 4.90 Å². The Bertz CT molecular complexity index is 1770. The molecule has 0 aromatic heterocycles. The zero-order chi connectivity index (χ0) is 32.0. The van der Waals surface area contributed by atoms with Crippen LogP contribution in [0.3, 0.4) is 0 Å². The molecule has 0 saturated carbocycles. The zero-order valence-electron chi connectivity index (χ0n) is 23.2. The quantitative estimate of drug-likeness (QED) is 0.127. The number of hydrogen-bond acceptors (Lipinski definition) is 7. The molecule has 13 heteroatoms. The predicted octanol–water partition coefficient (Wildman–Crippen LogP) is 6.57. The van der Waals surface area contributed by atoms with Gasteiger partial charge in [-0.25, -0.2) is 8.42 Å². The molecule has 4 aromatic carbocycles. The van der Waals surface area contributed by atoms with Crippen molar-refractivity contribution in [2.45, 2.75) is 40.8 Å². The largest absolute Gasteiger partial charge is 0.534 e. The third-order valence-electron chi connectivity index (χ3n) is 6.71. The highest BCUT2D eigenvalue weighted by atomic mass is 35.5. The lowest BCUT2D eigenvalue weighted by molar-refractivity contribution is -0.0500. The Hall–Kier alpha value is -3.42. The minimum Gasteiger partial charge on any atom is -0.387 e. The van der Waals surface area contributed by atoms with Crippen LogP contribution in [-0.4, -0.2) is 45.4 Å². The summed E-state index contributed by atoms with van der Waals surface area (Å²) in [5.74, 6) is -0.952. The molecule has 4 rings (SSSR count). The van der Waals surface area contributed by atoms with Gasteiger partial charge in [-0.1, -0.05) is 78.3 Å². The topological polar surface area (TPSA) is 101 Å². The molecule has 0 heterocycles. The van der Waals surface area contributed by atoms with E-state index in [1.54, 1.807) is 30.3 Å². The molecule has 0 fully saturated rings. The van der Waals surface area contributed by atoms with Gasteiger partial charge in [-0.3, -0.25) is 4.90 Å². The van der Waals surface area contributed by atoms with Crippen LogP contribution in [0.4, 0.5) is 13.2 Å². The number of sulfone groups is 1. The summed E-state index contributed by atoms with van der Waals surface area (Å²) in [4.78, 5) is 1.17. The first-order valence-electron chi connectivity index (χ1n) is 13.4. The van der Waals surface area contributed by atoms with Crippen LogP contribution in [0.15, 0.2) is 113 Å². The Morgan fingerprint density at radius 2 is 1.48 bits per heavy atom. The van der Waals surface area contributed by atoms with Crippen LogP contribution in [0.25, 0.3) is 0 Å². The number of aliphatic hydroxyl groups excluding tert-OH is 1. The molecule has 7 nitrogen and oxygen atoms in total. The van der Waals surface area contributed by atoms with E-state index in [1.807, 2.05) is 36.4 Å². The van der Waals surface area contributed by atoms with Crippen LogP contribution in [0.1, 0.15) is 29.2 Å². The molecule has 0 amide bonds. The number of hydrogen-bond donors (Lipinski definition) is 1. The molecule has 0 unspecified atom stereocenters. The average molecular weight is 668 g/mol. The summed E-state index contributed by atoms with van der Waals surface area (Å²) < 4.78 is 92.2. The predicted molar refractivity (Wildman–Crippen MR) is 160 cm³/mol. The highest BCUT2D eigenvalue weighted by Crippen LogP contribution is 2.34. The van der Waals surface area contributed by atoms with Crippen LogP contribution in [0.5, 0.6) is 5.75 Å². The van der Waals surface area contributed by atoms with Gasteiger partial charge >= 0.3 is 15.6 Å². The van der Waals surface area contributed by atoms with E-state index in [9.17, 15) is 35.1 Å². The number of alkyl halides is 3. The number of aliphatic hydroxyl groups is 1. The molecular formula is C31H29ClF3NO6S2. The molecule has 0 bridgehead atoms. The van der Waals surface area contributed by atoms with Crippen molar-refractivity contribution >= 4 is 31.6 Å². The molecular weight excluding hydrogens is 639 g/mol. The molecule has 0 saturated heterocycles. The molecule has 234 valence electrons. The second kappa shape index (κ2) is 14.1. The van der Waals surface area contributed by atoms with Crippen LogP contribution >= 0.6 is 11.6 Å². The molecule has 1 atom stereocenters. The summed E-state index contributed by atoms with van der Waals surface area (Å²) in [5, 5.41) is 11.4. The lowest BCUT2D eigenvalue weighted by Gasteiger charge is -2.25. The number of halogens is 4. The maximum absolute atomic E-state index is 13.2. The second-order valence-electron chi connectivity index (χ2n) is 9.97. The SMILES string of the molecule is O=S(=O)(c1ccc(CCCN(Cc2ccccc2)C[C@@H](O)c2cccc(Cl)c2)cc1)c1ccccc1OS(=O)(=O)C(F)(F)F. The van der Waals surface area contributed by atoms with Crippen molar-refractivity contribution in [3.63, 3.8) is 0 Å². The average Bonchev–Trinajstić information content (AvgIpc) is 2.97. The zero-order valence-corrected chi connectivity index (χ0v) is 25.6. The number of para-hydroxylation sites is 1.